The summed E-state index contributed by atoms with van der Waals surface area (Å²) in [5, 5.41) is 4.44. The van der Waals surface area contributed by atoms with Gasteiger partial charge in [-0.05, 0) is 32.0 Å². The molecule has 0 spiro atoms. The van der Waals surface area contributed by atoms with E-state index >= 15 is 0 Å². The van der Waals surface area contributed by atoms with E-state index < -0.39 is 11.7 Å². The molecule has 11 heteroatoms. The van der Waals surface area contributed by atoms with Crippen molar-refractivity contribution < 1.29 is 22.4 Å². The SMILES string of the molecule is Cc1cc(C(F)(F)F)c2c(C)nn(CC(=O)N3CCN(Cc4c(F)cccc4Cl)CC3)c2n1. The van der Waals surface area contributed by atoms with E-state index in [1.54, 1.807) is 17.0 Å². The van der Waals surface area contributed by atoms with Crippen LogP contribution in [-0.2, 0) is 24.1 Å². The minimum absolute atomic E-state index is 0.0426. The van der Waals surface area contributed by atoms with E-state index in [1.165, 1.54) is 24.6 Å². The summed E-state index contributed by atoms with van der Waals surface area (Å²) in [4.78, 5) is 20.7. The summed E-state index contributed by atoms with van der Waals surface area (Å²) in [6, 6.07) is 5.53. The standard InChI is InChI=1S/C22H22ClF4N5O/c1-13-10-16(22(25,26)27)20-14(2)29-32(21(20)28-13)12-19(33)31-8-6-30(7-9-31)11-15-17(23)4-3-5-18(15)24/h3-5,10H,6-9,11-12H2,1-2H3. The van der Waals surface area contributed by atoms with Crippen LogP contribution in [0.25, 0.3) is 11.0 Å². The Hall–Kier alpha value is -2.72. The van der Waals surface area contributed by atoms with Crippen LogP contribution in [0.4, 0.5) is 17.6 Å². The van der Waals surface area contributed by atoms with Crippen LogP contribution in [0, 0.1) is 19.7 Å². The predicted octanol–water partition coefficient (Wildman–Crippen LogP) is 4.20. The maximum atomic E-state index is 14.1. The number of benzene rings is 1. The lowest BCUT2D eigenvalue weighted by molar-refractivity contribution is -0.136. The normalized spacial score (nSPS) is 15.4. The molecule has 1 aliphatic rings. The Labute approximate surface area is 192 Å². The highest BCUT2D eigenvalue weighted by atomic mass is 35.5. The second-order valence-electron chi connectivity index (χ2n) is 8.11. The Bertz CT molecular complexity index is 1180. The monoisotopic (exact) mass is 483 g/mol. The number of hydrogen-bond acceptors (Lipinski definition) is 4. The molecule has 0 N–H and O–H groups in total. The first-order chi connectivity index (χ1) is 15.5. The summed E-state index contributed by atoms with van der Waals surface area (Å²) < 4.78 is 55.8. The number of halogens is 5. The molecular weight excluding hydrogens is 462 g/mol. The van der Waals surface area contributed by atoms with Crippen molar-refractivity contribution in [3.63, 3.8) is 0 Å². The van der Waals surface area contributed by atoms with E-state index in [0.29, 0.717) is 43.3 Å². The summed E-state index contributed by atoms with van der Waals surface area (Å²) >= 11 is 6.10. The van der Waals surface area contributed by atoms with Gasteiger partial charge >= 0.3 is 6.18 Å². The molecule has 1 aliphatic heterocycles. The zero-order valence-electron chi connectivity index (χ0n) is 18.1. The molecule has 1 aromatic carbocycles. The first-order valence-electron chi connectivity index (χ1n) is 10.4. The Kier molecular flexibility index (Phi) is 6.32. The molecule has 0 aliphatic carbocycles. The number of amides is 1. The molecule has 0 bridgehead atoms. The van der Waals surface area contributed by atoms with Crippen molar-refractivity contribution in [1.29, 1.82) is 0 Å². The number of alkyl halides is 3. The van der Waals surface area contributed by atoms with E-state index in [4.69, 9.17) is 11.6 Å². The van der Waals surface area contributed by atoms with Crippen molar-refractivity contribution in [1.82, 2.24) is 24.6 Å². The lowest BCUT2D eigenvalue weighted by atomic mass is 10.1. The lowest BCUT2D eigenvalue weighted by Crippen LogP contribution is -2.49. The minimum Gasteiger partial charge on any atom is -0.339 e. The fourth-order valence-corrected chi connectivity index (χ4v) is 4.33. The van der Waals surface area contributed by atoms with E-state index in [-0.39, 0.29) is 40.7 Å². The van der Waals surface area contributed by atoms with Gasteiger partial charge in [0.05, 0.1) is 16.6 Å². The second kappa shape index (κ2) is 8.90. The summed E-state index contributed by atoms with van der Waals surface area (Å²) in [6.45, 7) is 4.92. The van der Waals surface area contributed by atoms with Gasteiger partial charge in [0.2, 0.25) is 5.91 Å². The molecule has 1 saturated heterocycles. The molecule has 1 amide bonds. The Balaban J connectivity index is 1.46. The van der Waals surface area contributed by atoms with Crippen LogP contribution in [-0.4, -0.2) is 56.7 Å². The largest absolute Gasteiger partial charge is 0.417 e. The molecule has 3 heterocycles. The first kappa shape index (κ1) is 23.4. The van der Waals surface area contributed by atoms with Crippen LogP contribution in [0.5, 0.6) is 0 Å². The second-order valence-corrected chi connectivity index (χ2v) is 8.51. The number of piperazine rings is 1. The first-order valence-corrected chi connectivity index (χ1v) is 10.8. The van der Waals surface area contributed by atoms with Crippen LogP contribution in [0.3, 0.4) is 0 Å². The van der Waals surface area contributed by atoms with Gasteiger partial charge in [-0.2, -0.15) is 18.3 Å². The Morgan fingerprint density at radius 3 is 2.48 bits per heavy atom. The van der Waals surface area contributed by atoms with Crippen LogP contribution >= 0.6 is 11.6 Å². The molecule has 1 fully saturated rings. The number of nitrogens with zero attached hydrogens (tertiary/aromatic N) is 5. The smallest absolute Gasteiger partial charge is 0.339 e. The highest BCUT2D eigenvalue weighted by Crippen LogP contribution is 2.36. The third-order valence-corrected chi connectivity index (χ3v) is 6.12. The maximum Gasteiger partial charge on any atom is 0.417 e. The summed E-state index contributed by atoms with van der Waals surface area (Å²) in [5.74, 6) is -0.636. The van der Waals surface area contributed by atoms with E-state index in [2.05, 4.69) is 10.1 Å². The third kappa shape index (κ3) is 4.81. The molecule has 4 rings (SSSR count). The van der Waals surface area contributed by atoms with Crippen molar-refractivity contribution in [3.8, 4) is 0 Å². The molecule has 33 heavy (non-hydrogen) atoms. The van der Waals surface area contributed by atoms with Crippen molar-refractivity contribution in [2.75, 3.05) is 26.2 Å². The van der Waals surface area contributed by atoms with E-state index in [9.17, 15) is 22.4 Å². The molecule has 3 aromatic rings. The highest BCUT2D eigenvalue weighted by molar-refractivity contribution is 6.31. The molecule has 2 aromatic heterocycles. The molecule has 0 atom stereocenters. The average molecular weight is 484 g/mol. The van der Waals surface area contributed by atoms with Gasteiger partial charge in [0.1, 0.15) is 12.4 Å². The van der Waals surface area contributed by atoms with E-state index in [0.717, 1.165) is 6.07 Å². The molecule has 6 nitrogen and oxygen atoms in total. The molecule has 176 valence electrons. The molecule has 0 saturated carbocycles. The predicted molar refractivity (Wildman–Crippen MR) is 115 cm³/mol. The number of hydrogen-bond donors (Lipinski definition) is 0. The number of fused-ring (bicyclic) bond motifs is 1. The van der Waals surface area contributed by atoms with Crippen molar-refractivity contribution in [2.45, 2.75) is 33.1 Å². The summed E-state index contributed by atoms with van der Waals surface area (Å²) in [7, 11) is 0. The Morgan fingerprint density at radius 2 is 1.85 bits per heavy atom. The third-order valence-electron chi connectivity index (χ3n) is 5.76. The summed E-state index contributed by atoms with van der Waals surface area (Å²) in [5.41, 5.74) is 0.0232. The van der Waals surface area contributed by atoms with E-state index in [1.807, 2.05) is 4.90 Å². The van der Waals surface area contributed by atoms with Gasteiger partial charge in [0.25, 0.3) is 0 Å². The quantitative estimate of drug-likeness (QED) is 0.522. The number of aryl methyl sites for hydroxylation is 2. The zero-order chi connectivity index (χ0) is 23.9. The lowest BCUT2D eigenvalue weighted by Gasteiger charge is -2.35. The van der Waals surface area contributed by atoms with Crippen molar-refractivity contribution in [3.05, 3.63) is 57.6 Å². The van der Waals surface area contributed by atoms with Crippen LogP contribution in [0.2, 0.25) is 5.02 Å². The molecule has 0 unspecified atom stereocenters. The van der Waals surface area contributed by atoms with Crippen LogP contribution in [0.15, 0.2) is 24.3 Å². The van der Waals surface area contributed by atoms with Gasteiger partial charge in [-0.1, -0.05) is 17.7 Å². The fourth-order valence-electron chi connectivity index (χ4n) is 4.10. The number of aromatic nitrogens is 3. The molecule has 0 radical (unpaired) electrons. The number of carbonyl (C=O) groups is 1. The molecular formula is C22H22ClF4N5O. The minimum atomic E-state index is -4.55. The fraction of sp³-hybridized carbons (Fsp3) is 0.409. The zero-order valence-corrected chi connectivity index (χ0v) is 18.8. The van der Waals surface area contributed by atoms with Gasteiger partial charge in [-0.15, -0.1) is 0 Å². The topological polar surface area (TPSA) is 54.3 Å². The van der Waals surface area contributed by atoms with Crippen LogP contribution < -0.4 is 0 Å². The number of rotatable bonds is 4. The van der Waals surface area contributed by atoms with Gasteiger partial charge in [0, 0.05) is 49.0 Å². The highest BCUT2D eigenvalue weighted by Gasteiger charge is 2.35. The van der Waals surface area contributed by atoms with Crippen LogP contribution in [0.1, 0.15) is 22.5 Å². The van der Waals surface area contributed by atoms with Crippen molar-refractivity contribution >= 4 is 28.5 Å². The number of carbonyl (C=O) groups excluding carboxylic acids is 1. The Morgan fingerprint density at radius 1 is 1.15 bits per heavy atom. The van der Waals surface area contributed by atoms with Crippen molar-refractivity contribution in [2.24, 2.45) is 0 Å². The van der Waals surface area contributed by atoms with Gasteiger partial charge in [0.15, 0.2) is 5.65 Å². The number of pyridine rings is 1. The van der Waals surface area contributed by atoms with Gasteiger partial charge in [-0.25, -0.2) is 14.1 Å². The maximum absolute atomic E-state index is 14.1. The van der Waals surface area contributed by atoms with Gasteiger partial charge < -0.3 is 4.90 Å². The summed E-state index contributed by atoms with van der Waals surface area (Å²) in [6.07, 6.45) is -4.55. The average Bonchev–Trinajstić information content (AvgIpc) is 3.05. The van der Waals surface area contributed by atoms with Gasteiger partial charge in [-0.3, -0.25) is 9.69 Å².